The third kappa shape index (κ3) is 10.2. The van der Waals surface area contributed by atoms with Crippen LogP contribution >= 0.6 is 0 Å². The Labute approximate surface area is 147 Å². The van der Waals surface area contributed by atoms with Crippen LogP contribution in [0.4, 0.5) is 0 Å². The van der Waals surface area contributed by atoms with E-state index < -0.39 is 0 Å². The molecular formula is C20H34O4. The van der Waals surface area contributed by atoms with Crippen LogP contribution in [0.1, 0.15) is 67.7 Å². The highest BCUT2D eigenvalue weighted by Crippen LogP contribution is 2.34. The normalized spacial score (nSPS) is 22.8. The van der Waals surface area contributed by atoms with Crippen molar-refractivity contribution in [2.75, 3.05) is 0 Å². The fourth-order valence-electron chi connectivity index (χ4n) is 2.74. The number of carbonyl (C=O) groups excluding carboxylic acids is 2. The first-order valence-corrected chi connectivity index (χ1v) is 8.71. The Kier molecular flexibility index (Phi) is 10.3. The van der Waals surface area contributed by atoms with Crippen molar-refractivity contribution in [3.8, 4) is 0 Å². The molecule has 1 fully saturated rings. The molecule has 0 N–H and O–H groups in total. The molecule has 0 aliphatic heterocycles. The summed E-state index contributed by atoms with van der Waals surface area (Å²) in [5, 5.41) is 0. The lowest BCUT2D eigenvalue weighted by molar-refractivity contribution is -0.150. The van der Waals surface area contributed by atoms with E-state index in [1.54, 1.807) is 0 Å². The van der Waals surface area contributed by atoms with Crippen LogP contribution in [0.5, 0.6) is 0 Å². The van der Waals surface area contributed by atoms with E-state index in [4.69, 9.17) is 9.47 Å². The molecule has 1 rings (SSSR count). The number of hydrogen-bond donors (Lipinski definition) is 0. The minimum Gasteiger partial charge on any atom is -0.462 e. The molecule has 0 aromatic heterocycles. The predicted octanol–water partition coefficient (Wildman–Crippen LogP) is 4.83. The second kappa shape index (κ2) is 11.1. The summed E-state index contributed by atoms with van der Waals surface area (Å²) in [4.78, 5) is 21.7. The molecule has 4 heteroatoms. The largest absolute Gasteiger partial charge is 0.462 e. The summed E-state index contributed by atoms with van der Waals surface area (Å²) >= 11 is 0. The van der Waals surface area contributed by atoms with E-state index >= 15 is 0 Å². The maximum atomic E-state index is 10.9. The van der Waals surface area contributed by atoms with E-state index in [0.29, 0.717) is 11.8 Å². The second-order valence-electron chi connectivity index (χ2n) is 7.23. The number of hydrogen-bond acceptors (Lipinski definition) is 4. The molecule has 0 aromatic rings. The molecule has 24 heavy (non-hydrogen) atoms. The van der Waals surface area contributed by atoms with Crippen molar-refractivity contribution >= 4 is 11.9 Å². The van der Waals surface area contributed by atoms with Crippen molar-refractivity contribution in [2.45, 2.75) is 79.9 Å². The van der Waals surface area contributed by atoms with E-state index in [0.717, 1.165) is 24.0 Å². The van der Waals surface area contributed by atoms with Crippen molar-refractivity contribution in [1.29, 1.82) is 0 Å². The van der Waals surface area contributed by atoms with Gasteiger partial charge in [-0.05, 0) is 59.8 Å². The monoisotopic (exact) mass is 338 g/mol. The fraction of sp³-hybridized carbons (Fsp3) is 0.700. The van der Waals surface area contributed by atoms with Gasteiger partial charge >= 0.3 is 11.9 Å². The van der Waals surface area contributed by atoms with Gasteiger partial charge in [0.15, 0.2) is 0 Å². The number of allylic oxidation sites excluding steroid dienone is 1. The van der Waals surface area contributed by atoms with Crippen LogP contribution in [-0.2, 0) is 19.1 Å². The van der Waals surface area contributed by atoms with Crippen molar-refractivity contribution in [2.24, 2.45) is 11.8 Å². The van der Waals surface area contributed by atoms with Crippen LogP contribution in [0.3, 0.4) is 0 Å². The van der Waals surface area contributed by atoms with Crippen LogP contribution < -0.4 is 0 Å². The average molecular weight is 338 g/mol. The summed E-state index contributed by atoms with van der Waals surface area (Å²) < 4.78 is 10.2. The number of esters is 2. The van der Waals surface area contributed by atoms with Gasteiger partial charge in [-0.25, -0.2) is 4.79 Å². The maximum absolute atomic E-state index is 10.9. The molecule has 0 aromatic carbocycles. The SMILES string of the molecule is C=C(C)[C@@H]1CC[C@@H](C)C[C@H]1OC(C)=O.CC(C)=CC(=O)OC(C)C. The lowest BCUT2D eigenvalue weighted by atomic mass is 9.78. The van der Waals surface area contributed by atoms with E-state index in [2.05, 4.69) is 13.5 Å². The number of rotatable bonds is 4. The Morgan fingerprint density at radius 1 is 1.12 bits per heavy atom. The zero-order valence-corrected chi connectivity index (χ0v) is 16.3. The fourth-order valence-corrected chi connectivity index (χ4v) is 2.74. The van der Waals surface area contributed by atoms with Gasteiger partial charge in [-0.15, -0.1) is 0 Å². The molecule has 3 atom stereocenters. The van der Waals surface area contributed by atoms with Gasteiger partial charge in [0, 0.05) is 18.9 Å². The van der Waals surface area contributed by atoms with E-state index in [-0.39, 0.29) is 24.1 Å². The third-order valence-corrected chi connectivity index (χ3v) is 3.76. The van der Waals surface area contributed by atoms with Gasteiger partial charge in [-0.2, -0.15) is 0 Å². The van der Waals surface area contributed by atoms with Crippen LogP contribution in [0.15, 0.2) is 23.8 Å². The van der Waals surface area contributed by atoms with Crippen molar-refractivity contribution in [1.82, 2.24) is 0 Å². The predicted molar refractivity (Wildman–Crippen MR) is 97.5 cm³/mol. The van der Waals surface area contributed by atoms with Crippen LogP contribution in [0, 0.1) is 11.8 Å². The smallest absolute Gasteiger partial charge is 0.330 e. The molecular weight excluding hydrogens is 304 g/mol. The van der Waals surface area contributed by atoms with E-state index in [9.17, 15) is 9.59 Å². The van der Waals surface area contributed by atoms with E-state index in [1.807, 2.05) is 34.6 Å². The van der Waals surface area contributed by atoms with Crippen LogP contribution in [-0.4, -0.2) is 24.1 Å². The van der Waals surface area contributed by atoms with Crippen molar-refractivity contribution < 1.29 is 19.1 Å². The molecule has 0 unspecified atom stereocenters. The van der Waals surface area contributed by atoms with Crippen LogP contribution in [0.2, 0.25) is 0 Å². The molecule has 4 nitrogen and oxygen atoms in total. The third-order valence-electron chi connectivity index (χ3n) is 3.76. The first-order chi connectivity index (χ1) is 11.0. The Morgan fingerprint density at radius 3 is 2.12 bits per heavy atom. The van der Waals surface area contributed by atoms with Crippen LogP contribution in [0.25, 0.3) is 0 Å². The van der Waals surface area contributed by atoms with E-state index in [1.165, 1.54) is 19.4 Å². The highest BCUT2D eigenvalue weighted by molar-refractivity contribution is 5.82. The minimum atomic E-state index is -0.255. The molecule has 0 radical (unpaired) electrons. The van der Waals surface area contributed by atoms with Gasteiger partial charge in [0.1, 0.15) is 6.10 Å². The first-order valence-electron chi connectivity index (χ1n) is 8.71. The molecule has 0 spiro atoms. The lowest BCUT2D eigenvalue weighted by Crippen LogP contribution is -2.32. The molecule has 0 saturated heterocycles. The molecule has 0 bridgehead atoms. The molecule has 138 valence electrons. The zero-order valence-electron chi connectivity index (χ0n) is 16.3. The summed E-state index contributed by atoms with van der Waals surface area (Å²) in [6, 6.07) is 0. The van der Waals surface area contributed by atoms with Crippen molar-refractivity contribution in [3.05, 3.63) is 23.8 Å². The van der Waals surface area contributed by atoms with Crippen molar-refractivity contribution in [3.63, 3.8) is 0 Å². The number of carbonyl (C=O) groups is 2. The average Bonchev–Trinajstić information content (AvgIpc) is 2.35. The molecule has 1 aliphatic rings. The van der Waals surface area contributed by atoms with Gasteiger partial charge in [-0.3, -0.25) is 4.79 Å². The Hall–Kier alpha value is -1.58. The van der Waals surface area contributed by atoms with Gasteiger partial charge in [0.2, 0.25) is 0 Å². The molecule has 1 saturated carbocycles. The summed E-state index contributed by atoms with van der Waals surface area (Å²) in [5.41, 5.74) is 2.11. The Morgan fingerprint density at radius 2 is 1.71 bits per heavy atom. The Balaban J connectivity index is 0.000000470. The Bertz CT molecular complexity index is 458. The summed E-state index contributed by atoms with van der Waals surface area (Å²) in [6.07, 6.45) is 4.83. The first kappa shape index (κ1) is 22.4. The second-order valence-corrected chi connectivity index (χ2v) is 7.23. The molecule has 0 heterocycles. The standard InChI is InChI=1S/C12H20O2.C8H14O2/c1-8(2)11-6-5-9(3)7-12(11)14-10(4)13;1-6(2)5-8(9)10-7(3)4/h9,11-12H,1,5-7H2,2-4H3;5,7H,1-4H3/t9-,11+,12-;/m1./s1. The van der Waals surface area contributed by atoms with Gasteiger partial charge in [0.05, 0.1) is 6.10 Å². The quantitative estimate of drug-likeness (QED) is 0.418. The zero-order chi connectivity index (χ0) is 18.9. The summed E-state index contributed by atoms with van der Waals surface area (Å²) in [6.45, 7) is 17.1. The highest BCUT2D eigenvalue weighted by atomic mass is 16.5. The van der Waals surface area contributed by atoms with Gasteiger partial charge in [0.25, 0.3) is 0 Å². The maximum Gasteiger partial charge on any atom is 0.330 e. The summed E-state index contributed by atoms with van der Waals surface area (Å²) in [7, 11) is 0. The summed E-state index contributed by atoms with van der Waals surface area (Å²) in [5.74, 6) is 0.607. The highest BCUT2D eigenvalue weighted by Gasteiger charge is 2.31. The number of ether oxygens (including phenoxy) is 2. The topological polar surface area (TPSA) is 52.6 Å². The minimum absolute atomic E-state index is 0.0249. The molecule has 0 amide bonds. The molecule has 1 aliphatic carbocycles. The van der Waals surface area contributed by atoms with Gasteiger partial charge < -0.3 is 9.47 Å². The lowest BCUT2D eigenvalue weighted by Gasteiger charge is -2.34. The van der Waals surface area contributed by atoms with Gasteiger partial charge in [-0.1, -0.05) is 24.6 Å².